The Morgan fingerprint density at radius 1 is 1.10 bits per heavy atom. The maximum absolute atomic E-state index is 11.9. The molecule has 0 unspecified atom stereocenters. The van der Waals surface area contributed by atoms with E-state index in [2.05, 4.69) is 10.5 Å². The molecule has 2 aromatic rings. The van der Waals surface area contributed by atoms with Crippen LogP contribution in [0.15, 0.2) is 47.6 Å². The van der Waals surface area contributed by atoms with Crippen molar-refractivity contribution in [3.63, 3.8) is 0 Å². The fourth-order valence-electron chi connectivity index (χ4n) is 2.35. The predicted octanol–water partition coefficient (Wildman–Crippen LogP) is 2.95. The molecule has 1 amide bonds. The second-order valence-electron chi connectivity index (χ2n) is 6.10. The highest BCUT2D eigenvalue weighted by Crippen LogP contribution is 2.22. The normalized spacial score (nSPS) is 10.7. The average molecular weight is 417 g/mol. The van der Waals surface area contributed by atoms with Crippen molar-refractivity contribution in [2.75, 3.05) is 24.7 Å². The number of amides is 1. The molecule has 0 radical (unpaired) electrons. The molecule has 0 atom stereocenters. The fraction of sp³-hybridized carbons (Fsp3) is 0.222. The number of rotatable bonds is 9. The Bertz CT molecular complexity index is 931. The molecule has 2 rings (SSSR count). The second kappa shape index (κ2) is 10.2. The summed E-state index contributed by atoms with van der Waals surface area (Å²) >= 11 is 1.34. The third-order valence-electron chi connectivity index (χ3n) is 3.75. The molecule has 11 heteroatoms. The monoisotopic (exact) mass is 417 g/mol. The number of carbonyl (C=O) groups excluding carboxylic acids is 1. The number of hydrogen-bond donors (Lipinski definition) is 1. The first-order valence-corrected chi connectivity index (χ1v) is 9.52. The Kier molecular flexibility index (Phi) is 7.66. The maximum atomic E-state index is 11.9. The summed E-state index contributed by atoms with van der Waals surface area (Å²) in [6.07, 6.45) is 1.36. The summed E-state index contributed by atoms with van der Waals surface area (Å²) in [4.78, 5) is 34.3. The molecule has 0 spiro atoms. The van der Waals surface area contributed by atoms with Gasteiger partial charge in [-0.25, -0.2) is 5.43 Å². The zero-order chi connectivity index (χ0) is 21.4. The van der Waals surface area contributed by atoms with E-state index >= 15 is 0 Å². The molecule has 0 saturated carbocycles. The van der Waals surface area contributed by atoms with Gasteiger partial charge >= 0.3 is 0 Å². The molecule has 29 heavy (non-hydrogen) atoms. The predicted molar refractivity (Wildman–Crippen MR) is 112 cm³/mol. The summed E-state index contributed by atoms with van der Waals surface area (Å²) < 4.78 is 0. The highest BCUT2D eigenvalue weighted by Gasteiger charge is 2.11. The van der Waals surface area contributed by atoms with Gasteiger partial charge in [0.1, 0.15) is 0 Å². The Morgan fingerprint density at radius 2 is 1.72 bits per heavy atom. The van der Waals surface area contributed by atoms with Crippen LogP contribution >= 0.6 is 11.8 Å². The number of nitro benzene ring substituents is 2. The van der Waals surface area contributed by atoms with Gasteiger partial charge in [-0.3, -0.25) is 25.0 Å². The van der Waals surface area contributed by atoms with Crippen LogP contribution in [-0.2, 0) is 10.5 Å². The fourth-order valence-corrected chi connectivity index (χ4v) is 3.13. The van der Waals surface area contributed by atoms with E-state index in [0.717, 1.165) is 11.3 Å². The molecule has 0 aromatic heterocycles. The number of nitrogens with zero attached hydrogens (tertiary/aromatic N) is 4. The van der Waals surface area contributed by atoms with E-state index in [1.54, 1.807) is 37.2 Å². The summed E-state index contributed by atoms with van der Waals surface area (Å²) in [5.74, 6) is 0.333. The summed E-state index contributed by atoms with van der Waals surface area (Å²) in [5, 5.41) is 25.5. The first-order chi connectivity index (χ1) is 13.8. The zero-order valence-electron chi connectivity index (χ0n) is 15.8. The van der Waals surface area contributed by atoms with Crippen LogP contribution in [0.4, 0.5) is 17.1 Å². The van der Waals surface area contributed by atoms with Gasteiger partial charge < -0.3 is 4.90 Å². The van der Waals surface area contributed by atoms with Crippen LogP contribution in [0.5, 0.6) is 0 Å². The Labute approximate surface area is 170 Å². The topological polar surface area (TPSA) is 131 Å². The molecule has 152 valence electrons. The van der Waals surface area contributed by atoms with Gasteiger partial charge in [-0.2, -0.15) is 5.10 Å². The minimum Gasteiger partial charge on any atom is -0.377 e. The average Bonchev–Trinajstić information content (AvgIpc) is 2.68. The van der Waals surface area contributed by atoms with E-state index in [-0.39, 0.29) is 23.0 Å². The molecule has 2 aromatic carbocycles. The quantitative estimate of drug-likeness (QED) is 0.377. The minimum absolute atomic E-state index is 0.0177. The van der Waals surface area contributed by atoms with Crippen LogP contribution in [-0.4, -0.2) is 41.8 Å². The largest absolute Gasteiger partial charge is 0.377 e. The number of hydrogen-bond acceptors (Lipinski definition) is 8. The minimum atomic E-state index is -0.496. The summed E-state index contributed by atoms with van der Waals surface area (Å²) in [6.45, 7) is 0. The number of thioether (sulfide) groups is 1. The first-order valence-electron chi connectivity index (χ1n) is 8.36. The third kappa shape index (κ3) is 6.57. The second-order valence-corrected chi connectivity index (χ2v) is 7.09. The van der Waals surface area contributed by atoms with Gasteiger partial charge in [0.15, 0.2) is 0 Å². The van der Waals surface area contributed by atoms with Gasteiger partial charge in [0.2, 0.25) is 5.91 Å². The zero-order valence-corrected chi connectivity index (χ0v) is 16.6. The molecule has 10 nitrogen and oxygen atoms in total. The smallest absolute Gasteiger partial charge is 0.270 e. The number of anilines is 1. The van der Waals surface area contributed by atoms with Crippen molar-refractivity contribution < 1.29 is 14.6 Å². The molecule has 0 bridgehead atoms. The standard InChI is InChI=1S/C18H19N5O5S/c1-21(2)17-8-7-16(23(27)28)9-14(17)10-19-20-18(24)12-29-11-13-3-5-15(6-4-13)22(25)26/h3-10H,11-12H2,1-2H3,(H,20,24)/b19-10-. The molecule has 0 saturated heterocycles. The van der Waals surface area contributed by atoms with Crippen LogP contribution in [0.1, 0.15) is 11.1 Å². The van der Waals surface area contributed by atoms with E-state index < -0.39 is 9.85 Å². The SMILES string of the molecule is CN(C)c1ccc([N+](=O)[O-])cc1/C=N\NC(=O)CSCc1ccc([N+](=O)[O-])cc1. The highest BCUT2D eigenvalue weighted by molar-refractivity contribution is 7.99. The lowest BCUT2D eigenvalue weighted by molar-refractivity contribution is -0.385. The summed E-state index contributed by atoms with van der Waals surface area (Å²) in [6, 6.07) is 10.5. The number of nitrogens with one attached hydrogen (secondary N) is 1. The van der Waals surface area contributed by atoms with Gasteiger partial charge in [-0.05, 0) is 11.6 Å². The van der Waals surface area contributed by atoms with Gasteiger partial charge in [0, 0.05) is 55.4 Å². The Hall–Kier alpha value is -3.47. The van der Waals surface area contributed by atoms with Gasteiger partial charge in [0.25, 0.3) is 11.4 Å². The lowest BCUT2D eigenvalue weighted by atomic mass is 10.1. The van der Waals surface area contributed by atoms with Crippen molar-refractivity contribution >= 4 is 40.9 Å². The third-order valence-corrected chi connectivity index (χ3v) is 4.75. The molecule has 0 aliphatic carbocycles. The van der Waals surface area contributed by atoms with Crippen LogP contribution in [0.2, 0.25) is 0 Å². The van der Waals surface area contributed by atoms with Gasteiger partial charge in [-0.15, -0.1) is 11.8 Å². The molecule has 1 N–H and O–H groups in total. The van der Waals surface area contributed by atoms with Gasteiger partial charge in [-0.1, -0.05) is 12.1 Å². The van der Waals surface area contributed by atoms with Crippen molar-refractivity contribution in [1.82, 2.24) is 5.43 Å². The Balaban J connectivity index is 1.88. The maximum Gasteiger partial charge on any atom is 0.270 e. The first kappa shape index (κ1) is 21.8. The van der Waals surface area contributed by atoms with Crippen molar-refractivity contribution in [3.05, 3.63) is 73.8 Å². The molecule has 0 aliphatic rings. The van der Waals surface area contributed by atoms with Crippen molar-refractivity contribution in [3.8, 4) is 0 Å². The number of benzene rings is 2. The van der Waals surface area contributed by atoms with Crippen LogP contribution in [0, 0.1) is 20.2 Å². The number of hydrazone groups is 1. The van der Waals surface area contributed by atoms with Crippen LogP contribution < -0.4 is 10.3 Å². The lowest BCUT2D eigenvalue weighted by Gasteiger charge is -2.14. The Morgan fingerprint density at radius 3 is 2.31 bits per heavy atom. The van der Waals surface area contributed by atoms with Crippen molar-refractivity contribution in [1.29, 1.82) is 0 Å². The number of carbonyl (C=O) groups is 1. The molecule has 0 aliphatic heterocycles. The number of non-ortho nitro benzene ring substituents is 2. The van der Waals surface area contributed by atoms with Crippen LogP contribution in [0.25, 0.3) is 0 Å². The number of nitro groups is 2. The van der Waals surface area contributed by atoms with E-state index in [1.165, 1.54) is 42.2 Å². The molecule has 0 fully saturated rings. The van der Waals surface area contributed by atoms with Gasteiger partial charge in [0.05, 0.1) is 21.8 Å². The molecule has 0 heterocycles. The molecular formula is C18H19N5O5S. The van der Waals surface area contributed by atoms with E-state index in [9.17, 15) is 25.0 Å². The summed E-state index contributed by atoms with van der Waals surface area (Å²) in [7, 11) is 3.60. The van der Waals surface area contributed by atoms with Crippen LogP contribution in [0.3, 0.4) is 0 Å². The van der Waals surface area contributed by atoms with E-state index in [0.29, 0.717) is 11.3 Å². The van der Waals surface area contributed by atoms with Crippen molar-refractivity contribution in [2.24, 2.45) is 5.10 Å². The summed E-state index contributed by atoms with van der Waals surface area (Å²) in [5.41, 5.74) is 4.43. The highest BCUT2D eigenvalue weighted by atomic mass is 32.2. The molecular weight excluding hydrogens is 398 g/mol. The lowest BCUT2D eigenvalue weighted by Crippen LogP contribution is -2.20. The van der Waals surface area contributed by atoms with Crippen molar-refractivity contribution in [2.45, 2.75) is 5.75 Å². The van der Waals surface area contributed by atoms with E-state index in [1.807, 2.05) is 0 Å². The van der Waals surface area contributed by atoms with E-state index in [4.69, 9.17) is 0 Å².